The molecule has 0 bridgehead atoms. The Morgan fingerprint density at radius 2 is 1.62 bits per heavy atom. The first-order valence-electron chi connectivity index (χ1n) is 9.93. The second-order valence-corrected chi connectivity index (χ2v) is 10.0. The zero-order valence-electron chi connectivity index (χ0n) is 17.5. The van der Waals surface area contributed by atoms with Gasteiger partial charge in [0.2, 0.25) is 15.9 Å². The van der Waals surface area contributed by atoms with Crippen molar-refractivity contribution in [3.63, 3.8) is 0 Å². The van der Waals surface area contributed by atoms with Gasteiger partial charge in [0.25, 0.3) is 0 Å². The molecule has 0 fully saturated rings. The standard InChI is InChI=1S/C23H23Cl2N3O3S/c1-32(30,31)28(20-8-9-21(24)22(25)16-20)14-2-3-23(29)27-19-6-4-17(5-7-19)15-18-10-12-26-13-11-18/h4-13,16H,2-3,14-15H2,1H3,(H,27,29). The van der Waals surface area contributed by atoms with Crippen LogP contribution in [0.25, 0.3) is 0 Å². The fourth-order valence-corrected chi connectivity index (χ4v) is 4.43. The molecule has 0 aliphatic heterocycles. The van der Waals surface area contributed by atoms with Crippen molar-refractivity contribution in [2.45, 2.75) is 19.3 Å². The van der Waals surface area contributed by atoms with Crippen LogP contribution in [0.15, 0.2) is 67.0 Å². The van der Waals surface area contributed by atoms with Crippen molar-refractivity contribution in [3.05, 3.63) is 88.2 Å². The molecule has 6 nitrogen and oxygen atoms in total. The first kappa shape index (κ1) is 24.0. The number of anilines is 2. The number of nitrogens with one attached hydrogen (secondary N) is 1. The van der Waals surface area contributed by atoms with Crippen molar-refractivity contribution in [2.75, 3.05) is 22.4 Å². The first-order valence-corrected chi connectivity index (χ1v) is 12.5. The third kappa shape index (κ3) is 6.95. The van der Waals surface area contributed by atoms with Crippen molar-refractivity contribution in [1.29, 1.82) is 0 Å². The maximum atomic E-state index is 12.3. The molecule has 1 heterocycles. The van der Waals surface area contributed by atoms with E-state index in [1.54, 1.807) is 24.5 Å². The van der Waals surface area contributed by atoms with Crippen LogP contribution in [-0.2, 0) is 21.2 Å². The molecule has 1 aromatic heterocycles. The van der Waals surface area contributed by atoms with Crippen molar-refractivity contribution in [1.82, 2.24) is 4.98 Å². The van der Waals surface area contributed by atoms with E-state index in [9.17, 15) is 13.2 Å². The van der Waals surface area contributed by atoms with Crippen LogP contribution >= 0.6 is 23.2 Å². The molecule has 9 heteroatoms. The molecule has 0 saturated heterocycles. The summed E-state index contributed by atoms with van der Waals surface area (Å²) < 4.78 is 25.6. The largest absolute Gasteiger partial charge is 0.326 e. The predicted octanol–water partition coefficient (Wildman–Crippen LogP) is 5.16. The van der Waals surface area contributed by atoms with Crippen LogP contribution in [0.5, 0.6) is 0 Å². The van der Waals surface area contributed by atoms with Gasteiger partial charge in [-0.2, -0.15) is 0 Å². The molecule has 3 rings (SSSR count). The maximum absolute atomic E-state index is 12.3. The number of halogens is 2. The van der Waals surface area contributed by atoms with E-state index in [2.05, 4.69) is 10.3 Å². The molecule has 0 radical (unpaired) electrons. The van der Waals surface area contributed by atoms with E-state index in [0.717, 1.165) is 23.8 Å². The highest BCUT2D eigenvalue weighted by Crippen LogP contribution is 2.28. The second-order valence-electron chi connectivity index (χ2n) is 7.31. The molecule has 0 aliphatic rings. The van der Waals surface area contributed by atoms with Gasteiger partial charge in [-0.05, 0) is 66.4 Å². The Morgan fingerprint density at radius 1 is 0.969 bits per heavy atom. The van der Waals surface area contributed by atoms with E-state index >= 15 is 0 Å². The van der Waals surface area contributed by atoms with Gasteiger partial charge in [-0.15, -0.1) is 0 Å². The second kappa shape index (κ2) is 10.8. The lowest BCUT2D eigenvalue weighted by atomic mass is 10.1. The van der Waals surface area contributed by atoms with Gasteiger partial charge < -0.3 is 5.32 Å². The molecule has 0 atom stereocenters. The van der Waals surface area contributed by atoms with Crippen LogP contribution in [0, 0.1) is 0 Å². The van der Waals surface area contributed by atoms with Gasteiger partial charge in [0.15, 0.2) is 0 Å². The third-order valence-corrected chi connectivity index (χ3v) is 6.68. The Bertz CT molecular complexity index is 1170. The van der Waals surface area contributed by atoms with Crippen LogP contribution < -0.4 is 9.62 Å². The topological polar surface area (TPSA) is 79.4 Å². The van der Waals surface area contributed by atoms with Crippen LogP contribution in [0.3, 0.4) is 0 Å². The van der Waals surface area contributed by atoms with Crippen LogP contribution in [-0.4, -0.2) is 32.1 Å². The summed E-state index contributed by atoms with van der Waals surface area (Å²) in [7, 11) is -3.54. The lowest BCUT2D eigenvalue weighted by molar-refractivity contribution is -0.116. The number of carbonyl (C=O) groups excluding carboxylic acids is 1. The van der Waals surface area contributed by atoms with Gasteiger partial charge in [-0.1, -0.05) is 35.3 Å². The Labute approximate surface area is 198 Å². The quantitative estimate of drug-likeness (QED) is 0.447. The zero-order valence-corrected chi connectivity index (χ0v) is 19.8. The van der Waals surface area contributed by atoms with Gasteiger partial charge in [0, 0.05) is 31.0 Å². The monoisotopic (exact) mass is 491 g/mol. The number of carbonyl (C=O) groups is 1. The molecule has 168 valence electrons. The zero-order chi connectivity index (χ0) is 23.1. The minimum atomic E-state index is -3.54. The van der Waals surface area contributed by atoms with Crippen molar-refractivity contribution >= 4 is 50.5 Å². The molecule has 32 heavy (non-hydrogen) atoms. The molecule has 0 unspecified atom stereocenters. The number of hydrogen-bond acceptors (Lipinski definition) is 4. The van der Waals surface area contributed by atoms with Gasteiger partial charge in [0.05, 0.1) is 22.0 Å². The fourth-order valence-electron chi connectivity index (χ4n) is 3.18. The number of hydrogen-bond donors (Lipinski definition) is 1. The molecule has 2 aromatic carbocycles. The number of amides is 1. The number of pyridine rings is 1. The van der Waals surface area contributed by atoms with Crippen LogP contribution in [0.4, 0.5) is 11.4 Å². The number of sulfonamides is 1. The Hall–Kier alpha value is -2.61. The number of nitrogens with zero attached hydrogens (tertiary/aromatic N) is 2. The normalized spacial score (nSPS) is 11.2. The highest BCUT2D eigenvalue weighted by atomic mass is 35.5. The number of aromatic nitrogens is 1. The molecule has 0 spiro atoms. The molecule has 0 aliphatic carbocycles. The van der Waals surface area contributed by atoms with E-state index in [-0.39, 0.29) is 23.9 Å². The van der Waals surface area contributed by atoms with E-state index in [1.807, 2.05) is 36.4 Å². The summed E-state index contributed by atoms with van der Waals surface area (Å²) in [4.78, 5) is 16.3. The van der Waals surface area contributed by atoms with Crippen molar-refractivity contribution < 1.29 is 13.2 Å². The highest BCUT2D eigenvalue weighted by molar-refractivity contribution is 7.92. The van der Waals surface area contributed by atoms with E-state index in [1.165, 1.54) is 10.4 Å². The van der Waals surface area contributed by atoms with E-state index in [0.29, 0.717) is 22.8 Å². The van der Waals surface area contributed by atoms with Gasteiger partial charge in [-0.3, -0.25) is 14.1 Å². The SMILES string of the molecule is CS(=O)(=O)N(CCCC(=O)Nc1ccc(Cc2ccncc2)cc1)c1ccc(Cl)c(Cl)c1. The summed E-state index contributed by atoms with van der Waals surface area (Å²) >= 11 is 11.9. The molecule has 1 N–H and O–H groups in total. The average Bonchev–Trinajstić information content (AvgIpc) is 2.75. The van der Waals surface area contributed by atoms with Gasteiger partial charge in [-0.25, -0.2) is 8.42 Å². The highest BCUT2D eigenvalue weighted by Gasteiger charge is 2.18. The average molecular weight is 492 g/mol. The van der Waals surface area contributed by atoms with E-state index < -0.39 is 10.0 Å². The summed E-state index contributed by atoms with van der Waals surface area (Å²) in [6.45, 7) is 0.148. The number of benzene rings is 2. The third-order valence-electron chi connectivity index (χ3n) is 4.75. The molecular weight excluding hydrogens is 469 g/mol. The Morgan fingerprint density at radius 3 is 2.25 bits per heavy atom. The summed E-state index contributed by atoms with van der Waals surface area (Å²) in [6, 6.07) is 16.2. The molecule has 3 aromatic rings. The van der Waals surface area contributed by atoms with Crippen molar-refractivity contribution in [3.8, 4) is 0 Å². The summed E-state index contributed by atoms with van der Waals surface area (Å²) in [5.41, 5.74) is 3.39. The fraction of sp³-hybridized carbons (Fsp3) is 0.217. The Kier molecular flexibility index (Phi) is 8.12. The Balaban J connectivity index is 1.53. The van der Waals surface area contributed by atoms with E-state index in [4.69, 9.17) is 23.2 Å². The van der Waals surface area contributed by atoms with Gasteiger partial charge in [0.1, 0.15) is 0 Å². The smallest absolute Gasteiger partial charge is 0.232 e. The van der Waals surface area contributed by atoms with Crippen LogP contribution in [0.2, 0.25) is 10.0 Å². The molecule has 1 amide bonds. The summed E-state index contributed by atoms with van der Waals surface area (Å²) in [5.74, 6) is -0.186. The molecule has 0 saturated carbocycles. The lowest BCUT2D eigenvalue weighted by Crippen LogP contribution is -2.31. The van der Waals surface area contributed by atoms with Crippen LogP contribution in [0.1, 0.15) is 24.0 Å². The predicted molar refractivity (Wildman–Crippen MR) is 130 cm³/mol. The molecular formula is C23H23Cl2N3O3S. The van der Waals surface area contributed by atoms with Crippen molar-refractivity contribution in [2.24, 2.45) is 0 Å². The lowest BCUT2D eigenvalue weighted by Gasteiger charge is -2.22. The first-order chi connectivity index (χ1) is 15.2. The summed E-state index contributed by atoms with van der Waals surface area (Å²) in [5, 5.41) is 3.46. The number of rotatable bonds is 9. The summed E-state index contributed by atoms with van der Waals surface area (Å²) in [6.07, 6.45) is 5.94. The van der Waals surface area contributed by atoms with Gasteiger partial charge >= 0.3 is 0 Å². The minimum Gasteiger partial charge on any atom is -0.326 e. The maximum Gasteiger partial charge on any atom is 0.232 e. The minimum absolute atomic E-state index is 0.148.